The monoisotopic (exact) mass is 483 g/mol. The van der Waals surface area contributed by atoms with Crippen molar-refractivity contribution < 1.29 is 8.42 Å². The van der Waals surface area contributed by atoms with E-state index in [1.807, 2.05) is 12.1 Å². The molecule has 4 aromatic rings. The Morgan fingerprint density at radius 3 is 2.79 bits per heavy atom. The fraction of sp³-hybridized carbons (Fsp3) is 0.417. The van der Waals surface area contributed by atoms with Gasteiger partial charge in [-0.1, -0.05) is 25.5 Å². The molecule has 1 aliphatic heterocycles. The van der Waals surface area contributed by atoms with Gasteiger partial charge in [0.05, 0.1) is 37.7 Å². The highest BCUT2D eigenvalue weighted by Crippen LogP contribution is 2.33. The van der Waals surface area contributed by atoms with Gasteiger partial charge in [0, 0.05) is 19.0 Å². The van der Waals surface area contributed by atoms with Gasteiger partial charge in [0.1, 0.15) is 5.82 Å². The molecule has 2 aromatic carbocycles. The molecule has 2 N–H and O–H groups in total. The van der Waals surface area contributed by atoms with E-state index in [1.165, 1.54) is 9.71 Å². The molecule has 1 fully saturated rings. The summed E-state index contributed by atoms with van der Waals surface area (Å²) in [5.41, 5.74) is 2.74. The van der Waals surface area contributed by atoms with E-state index in [1.54, 1.807) is 23.5 Å². The molecule has 174 valence electrons. The van der Waals surface area contributed by atoms with Crippen molar-refractivity contribution in [3.05, 3.63) is 53.3 Å². The van der Waals surface area contributed by atoms with Gasteiger partial charge in [-0.05, 0) is 56.1 Å². The summed E-state index contributed by atoms with van der Waals surface area (Å²) in [4.78, 5) is 12.3. The number of fused-ring (bicyclic) bond motifs is 2. The van der Waals surface area contributed by atoms with E-state index in [0.717, 1.165) is 68.7 Å². The molecule has 5 rings (SSSR count). The van der Waals surface area contributed by atoms with Crippen molar-refractivity contribution >= 4 is 42.6 Å². The lowest BCUT2D eigenvalue weighted by Gasteiger charge is -2.31. The molecule has 1 saturated heterocycles. The van der Waals surface area contributed by atoms with E-state index in [-0.39, 0.29) is 4.90 Å². The van der Waals surface area contributed by atoms with Crippen LogP contribution < -0.4 is 5.14 Å². The number of imidazole rings is 1. The van der Waals surface area contributed by atoms with Crippen LogP contribution in [0.2, 0.25) is 0 Å². The number of primary sulfonamides is 1. The molecule has 1 atom stereocenters. The molecule has 0 saturated carbocycles. The lowest BCUT2D eigenvalue weighted by molar-refractivity contribution is 0.193. The molecule has 0 unspecified atom stereocenters. The largest absolute Gasteiger partial charge is 0.327 e. The fourth-order valence-corrected chi connectivity index (χ4v) is 6.32. The molecule has 7 nitrogen and oxygen atoms in total. The number of unbranched alkanes of at least 4 members (excludes halogenated alkanes) is 1. The summed E-state index contributed by atoms with van der Waals surface area (Å²) in [5.74, 6) is 1.41. The second kappa shape index (κ2) is 9.13. The molecular weight excluding hydrogens is 454 g/mol. The molecule has 0 bridgehead atoms. The molecule has 9 heteroatoms. The zero-order valence-electron chi connectivity index (χ0n) is 18.8. The number of thiazole rings is 1. The van der Waals surface area contributed by atoms with Crippen molar-refractivity contribution in [1.29, 1.82) is 0 Å². The second-order valence-corrected chi connectivity index (χ2v) is 11.4. The van der Waals surface area contributed by atoms with Crippen molar-refractivity contribution in [2.75, 3.05) is 13.1 Å². The second-order valence-electron chi connectivity index (χ2n) is 8.82. The number of likely N-dealkylation sites (tertiary alicyclic amines) is 1. The molecular formula is C24H29N5O2S2. The van der Waals surface area contributed by atoms with Crippen LogP contribution in [0.3, 0.4) is 0 Å². The highest BCUT2D eigenvalue weighted by Gasteiger charge is 2.26. The average molecular weight is 484 g/mol. The number of aryl methyl sites for hydroxylation is 1. The number of hydrogen-bond donors (Lipinski definition) is 1. The number of sulfonamides is 1. The number of piperidine rings is 1. The molecule has 3 heterocycles. The lowest BCUT2D eigenvalue weighted by atomic mass is 9.99. The predicted molar refractivity (Wildman–Crippen MR) is 133 cm³/mol. The van der Waals surface area contributed by atoms with Crippen LogP contribution in [0.5, 0.6) is 0 Å². The lowest BCUT2D eigenvalue weighted by Crippen LogP contribution is -2.34. The summed E-state index contributed by atoms with van der Waals surface area (Å²) in [7, 11) is -3.76. The maximum Gasteiger partial charge on any atom is 0.238 e. The van der Waals surface area contributed by atoms with E-state index in [2.05, 4.69) is 34.6 Å². The van der Waals surface area contributed by atoms with Crippen molar-refractivity contribution in [2.24, 2.45) is 5.14 Å². The number of benzene rings is 2. The SMILES string of the molecule is CCCCn1c(CN2CCC[C@@H](c3nc4ccccc4s3)C2)nc2cc(S(N)(=O)=O)ccc21. The third-order valence-electron chi connectivity index (χ3n) is 6.39. The van der Waals surface area contributed by atoms with Crippen molar-refractivity contribution in [3.63, 3.8) is 0 Å². The Bertz CT molecular complexity index is 1360. The van der Waals surface area contributed by atoms with Gasteiger partial charge in [0.2, 0.25) is 10.0 Å². The number of nitrogens with zero attached hydrogens (tertiary/aromatic N) is 4. The highest BCUT2D eigenvalue weighted by molar-refractivity contribution is 7.89. The highest BCUT2D eigenvalue weighted by atomic mass is 32.2. The van der Waals surface area contributed by atoms with Crippen molar-refractivity contribution in [1.82, 2.24) is 19.4 Å². The smallest absolute Gasteiger partial charge is 0.238 e. The third kappa shape index (κ3) is 4.68. The van der Waals surface area contributed by atoms with Gasteiger partial charge in [-0.3, -0.25) is 4.90 Å². The number of aromatic nitrogens is 3. The van der Waals surface area contributed by atoms with Crippen LogP contribution in [-0.4, -0.2) is 40.9 Å². The van der Waals surface area contributed by atoms with Crippen LogP contribution in [0.25, 0.3) is 21.3 Å². The summed E-state index contributed by atoms with van der Waals surface area (Å²) >= 11 is 1.81. The zero-order chi connectivity index (χ0) is 23.0. The van der Waals surface area contributed by atoms with Gasteiger partial charge in [-0.2, -0.15) is 0 Å². The molecule has 0 amide bonds. The Morgan fingerprint density at radius 2 is 2.00 bits per heavy atom. The fourth-order valence-electron chi connectivity index (χ4n) is 4.69. The first kappa shape index (κ1) is 22.5. The number of rotatable bonds is 7. The summed E-state index contributed by atoms with van der Waals surface area (Å²) < 4.78 is 27.1. The summed E-state index contributed by atoms with van der Waals surface area (Å²) in [6, 6.07) is 13.3. The molecule has 0 spiro atoms. The Morgan fingerprint density at radius 1 is 1.15 bits per heavy atom. The first-order chi connectivity index (χ1) is 15.9. The first-order valence-electron chi connectivity index (χ1n) is 11.5. The van der Waals surface area contributed by atoms with Crippen molar-refractivity contribution in [2.45, 2.75) is 56.5 Å². The topological polar surface area (TPSA) is 94.1 Å². The van der Waals surface area contributed by atoms with Gasteiger partial charge in [0.15, 0.2) is 0 Å². The number of para-hydroxylation sites is 1. The van der Waals surface area contributed by atoms with Crippen LogP contribution in [0.4, 0.5) is 0 Å². The van der Waals surface area contributed by atoms with Crippen LogP contribution in [-0.2, 0) is 23.1 Å². The van der Waals surface area contributed by atoms with Crippen LogP contribution >= 0.6 is 11.3 Å². The Labute approximate surface area is 198 Å². The summed E-state index contributed by atoms with van der Waals surface area (Å²) in [6.07, 6.45) is 4.41. The van der Waals surface area contributed by atoms with E-state index >= 15 is 0 Å². The summed E-state index contributed by atoms with van der Waals surface area (Å²) in [6.45, 7) is 5.77. The molecule has 0 radical (unpaired) electrons. The molecule has 33 heavy (non-hydrogen) atoms. The Kier molecular flexibility index (Phi) is 6.22. The normalized spacial score (nSPS) is 17.8. The number of hydrogen-bond acceptors (Lipinski definition) is 6. The van der Waals surface area contributed by atoms with Crippen LogP contribution in [0.15, 0.2) is 47.4 Å². The van der Waals surface area contributed by atoms with Gasteiger partial charge in [-0.25, -0.2) is 23.5 Å². The quantitative estimate of drug-likeness (QED) is 0.418. The Hall–Kier alpha value is -2.33. The van der Waals surface area contributed by atoms with E-state index in [4.69, 9.17) is 15.1 Å². The average Bonchev–Trinajstić information content (AvgIpc) is 3.38. The minimum atomic E-state index is -3.76. The summed E-state index contributed by atoms with van der Waals surface area (Å²) in [5, 5.41) is 6.57. The van der Waals surface area contributed by atoms with Crippen LogP contribution in [0, 0.1) is 0 Å². The Balaban J connectivity index is 1.42. The minimum Gasteiger partial charge on any atom is -0.327 e. The molecule has 0 aliphatic carbocycles. The maximum absolute atomic E-state index is 11.8. The standard InChI is InChI=1S/C24H29N5O2S2/c1-2-3-13-29-21-11-10-18(33(25,30)31)14-20(21)26-23(29)16-28-12-6-7-17(15-28)24-27-19-8-4-5-9-22(19)32-24/h4-5,8-11,14,17H,2-3,6-7,12-13,15-16H2,1H3,(H2,25,30,31)/t17-/m1/s1. The van der Waals surface area contributed by atoms with E-state index < -0.39 is 10.0 Å². The molecule has 2 aromatic heterocycles. The number of nitrogens with two attached hydrogens (primary N) is 1. The third-order valence-corrected chi connectivity index (χ3v) is 8.50. The van der Waals surface area contributed by atoms with Gasteiger partial charge < -0.3 is 4.57 Å². The minimum absolute atomic E-state index is 0.107. The predicted octanol–water partition coefficient (Wildman–Crippen LogP) is 4.47. The first-order valence-corrected chi connectivity index (χ1v) is 13.9. The molecule has 1 aliphatic rings. The maximum atomic E-state index is 11.8. The van der Waals surface area contributed by atoms with E-state index in [9.17, 15) is 8.42 Å². The van der Waals surface area contributed by atoms with Crippen LogP contribution in [0.1, 0.15) is 49.4 Å². The zero-order valence-corrected chi connectivity index (χ0v) is 20.4. The van der Waals surface area contributed by atoms with E-state index in [0.29, 0.717) is 11.4 Å². The van der Waals surface area contributed by atoms with Gasteiger partial charge in [0.25, 0.3) is 0 Å². The van der Waals surface area contributed by atoms with Gasteiger partial charge >= 0.3 is 0 Å². The van der Waals surface area contributed by atoms with Crippen molar-refractivity contribution in [3.8, 4) is 0 Å². The van der Waals surface area contributed by atoms with Gasteiger partial charge in [-0.15, -0.1) is 11.3 Å².